The Morgan fingerprint density at radius 1 is 1.45 bits per heavy atom. The number of carbonyl (C=O) groups excluding carboxylic acids is 1. The predicted octanol–water partition coefficient (Wildman–Crippen LogP) is 3.01. The SMILES string of the molecule is O=C(O)CC[C@@H]1CCCCN1C(=O)/C=C/c1cccs1. The standard InChI is InChI=1S/C15H19NO3S/c17-14(8-7-13-5-3-11-20-13)16-10-2-1-4-12(16)6-9-15(18)19/h3,5,7-8,11-12H,1-2,4,6,9-10H2,(H,18,19)/b8-7+/t12-/m0/s1. The zero-order valence-corrected chi connectivity index (χ0v) is 12.1. The van der Waals surface area contributed by atoms with Gasteiger partial charge >= 0.3 is 5.97 Å². The van der Waals surface area contributed by atoms with Gasteiger partial charge in [0, 0.05) is 30.0 Å². The predicted molar refractivity (Wildman–Crippen MR) is 79.6 cm³/mol. The Morgan fingerprint density at radius 2 is 2.30 bits per heavy atom. The fraction of sp³-hybridized carbons (Fsp3) is 0.467. The van der Waals surface area contributed by atoms with Crippen LogP contribution < -0.4 is 0 Å². The first-order valence-corrected chi connectivity index (χ1v) is 7.79. The summed E-state index contributed by atoms with van der Waals surface area (Å²) >= 11 is 1.59. The molecule has 1 aromatic rings. The van der Waals surface area contributed by atoms with Gasteiger partial charge in [0.25, 0.3) is 0 Å². The van der Waals surface area contributed by atoms with E-state index in [4.69, 9.17) is 5.11 Å². The highest BCUT2D eigenvalue weighted by Gasteiger charge is 2.25. The van der Waals surface area contributed by atoms with Crippen LogP contribution in [0.1, 0.15) is 37.0 Å². The second-order valence-corrected chi connectivity index (χ2v) is 5.94. The first kappa shape index (κ1) is 14.8. The third-order valence-electron chi connectivity index (χ3n) is 3.54. The van der Waals surface area contributed by atoms with Crippen molar-refractivity contribution in [3.05, 3.63) is 28.5 Å². The normalized spacial score (nSPS) is 19.4. The Hall–Kier alpha value is -1.62. The minimum atomic E-state index is -0.794. The van der Waals surface area contributed by atoms with Crippen LogP contribution in [0.15, 0.2) is 23.6 Å². The lowest BCUT2D eigenvalue weighted by Crippen LogP contribution is -2.43. The molecule has 1 amide bonds. The van der Waals surface area contributed by atoms with Crippen LogP contribution >= 0.6 is 11.3 Å². The minimum absolute atomic E-state index is 0.00603. The lowest BCUT2D eigenvalue weighted by molar-refractivity contribution is -0.138. The molecule has 0 aromatic carbocycles. The maximum Gasteiger partial charge on any atom is 0.303 e. The lowest BCUT2D eigenvalue weighted by Gasteiger charge is -2.35. The van der Waals surface area contributed by atoms with E-state index < -0.39 is 5.97 Å². The molecule has 20 heavy (non-hydrogen) atoms. The van der Waals surface area contributed by atoms with Gasteiger partial charge in [0.05, 0.1) is 0 Å². The van der Waals surface area contributed by atoms with Crippen LogP contribution in [0.2, 0.25) is 0 Å². The van der Waals surface area contributed by atoms with Crippen molar-refractivity contribution in [1.29, 1.82) is 0 Å². The quantitative estimate of drug-likeness (QED) is 0.849. The molecule has 1 atom stereocenters. The lowest BCUT2D eigenvalue weighted by atomic mass is 9.98. The van der Waals surface area contributed by atoms with Gasteiger partial charge < -0.3 is 10.0 Å². The van der Waals surface area contributed by atoms with Gasteiger partial charge in [-0.05, 0) is 43.2 Å². The van der Waals surface area contributed by atoms with Crippen LogP contribution in [0.5, 0.6) is 0 Å². The maximum atomic E-state index is 12.2. The van der Waals surface area contributed by atoms with Gasteiger partial charge in [0.1, 0.15) is 0 Å². The highest BCUT2D eigenvalue weighted by atomic mass is 32.1. The molecule has 0 aliphatic carbocycles. The van der Waals surface area contributed by atoms with Crippen LogP contribution in [0.4, 0.5) is 0 Å². The number of carboxylic acid groups (broad SMARTS) is 1. The fourth-order valence-corrected chi connectivity index (χ4v) is 3.13. The zero-order chi connectivity index (χ0) is 14.4. The van der Waals surface area contributed by atoms with Gasteiger partial charge in [-0.1, -0.05) is 6.07 Å². The average molecular weight is 293 g/mol. The number of nitrogens with zero attached hydrogens (tertiary/aromatic N) is 1. The van der Waals surface area contributed by atoms with Crippen molar-refractivity contribution in [2.24, 2.45) is 0 Å². The summed E-state index contributed by atoms with van der Waals surface area (Å²) < 4.78 is 0. The molecule has 1 aliphatic heterocycles. The molecule has 1 N–H and O–H groups in total. The molecule has 2 rings (SSSR count). The van der Waals surface area contributed by atoms with Gasteiger partial charge in [-0.15, -0.1) is 11.3 Å². The Kier molecular flexibility index (Phi) is 5.35. The van der Waals surface area contributed by atoms with Crippen molar-refractivity contribution in [2.75, 3.05) is 6.54 Å². The van der Waals surface area contributed by atoms with E-state index >= 15 is 0 Å². The van der Waals surface area contributed by atoms with Crippen LogP contribution in [0.25, 0.3) is 6.08 Å². The highest BCUT2D eigenvalue weighted by Crippen LogP contribution is 2.21. The first-order valence-electron chi connectivity index (χ1n) is 6.91. The van der Waals surface area contributed by atoms with Crippen molar-refractivity contribution in [2.45, 2.75) is 38.1 Å². The number of hydrogen-bond acceptors (Lipinski definition) is 3. The molecule has 0 bridgehead atoms. The first-order chi connectivity index (χ1) is 9.66. The van der Waals surface area contributed by atoms with E-state index in [9.17, 15) is 9.59 Å². The van der Waals surface area contributed by atoms with Crippen molar-refractivity contribution in [1.82, 2.24) is 4.90 Å². The molecule has 1 saturated heterocycles. The van der Waals surface area contributed by atoms with Gasteiger partial charge in [-0.2, -0.15) is 0 Å². The summed E-state index contributed by atoms with van der Waals surface area (Å²) in [5.41, 5.74) is 0. The number of amides is 1. The van der Waals surface area contributed by atoms with E-state index in [0.29, 0.717) is 6.42 Å². The van der Waals surface area contributed by atoms with Crippen LogP contribution in [0.3, 0.4) is 0 Å². The van der Waals surface area contributed by atoms with Crippen molar-refractivity contribution in [3.63, 3.8) is 0 Å². The van der Waals surface area contributed by atoms with Crippen molar-refractivity contribution >= 4 is 29.3 Å². The molecular formula is C15H19NO3S. The second kappa shape index (κ2) is 7.24. The van der Waals surface area contributed by atoms with Crippen LogP contribution in [0, 0.1) is 0 Å². The van der Waals surface area contributed by atoms with Gasteiger partial charge in [-0.3, -0.25) is 9.59 Å². The van der Waals surface area contributed by atoms with E-state index in [1.165, 1.54) is 0 Å². The molecule has 1 aliphatic rings. The summed E-state index contributed by atoms with van der Waals surface area (Å²) in [5.74, 6) is -0.800. The number of rotatable bonds is 5. The zero-order valence-electron chi connectivity index (χ0n) is 11.3. The summed E-state index contributed by atoms with van der Waals surface area (Å²) in [4.78, 5) is 25.8. The Labute approximate surface area is 122 Å². The molecular weight excluding hydrogens is 274 g/mol. The molecule has 1 fully saturated rings. The fourth-order valence-electron chi connectivity index (χ4n) is 2.52. The minimum Gasteiger partial charge on any atom is -0.481 e. The molecule has 0 unspecified atom stereocenters. The van der Waals surface area contributed by atoms with Gasteiger partial charge in [-0.25, -0.2) is 0 Å². The number of carboxylic acids is 1. The van der Waals surface area contributed by atoms with Crippen molar-refractivity contribution < 1.29 is 14.7 Å². The molecule has 0 spiro atoms. The van der Waals surface area contributed by atoms with E-state index in [1.54, 1.807) is 17.4 Å². The summed E-state index contributed by atoms with van der Waals surface area (Å²) in [6.45, 7) is 0.734. The largest absolute Gasteiger partial charge is 0.481 e. The summed E-state index contributed by atoms with van der Waals surface area (Å²) in [7, 11) is 0. The van der Waals surface area contributed by atoms with Gasteiger partial charge in [0.15, 0.2) is 0 Å². The number of likely N-dealkylation sites (tertiary alicyclic amines) is 1. The molecule has 4 nitrogen and oxygen atoms in total. The Bertz CT molecular complexity index is 481. The monoisotopic (exact) mass is 293 g/mol. The maximum absolute atomic E-state index is 12.2. The third-order valence-corrected chi connectivity index (χ3v) is 4.37. The Morgan fingerprint density at radius 3 is 3.00 bits per heavy atom. The summed E-state index contributed by atoms with van der Waals surface area (Å²) in [6, 6.07) is 3.98. The van der Waals surface area contributed by atoms with Crippen LogP contribution in [-0.4, -0.2) is 34.5 Å². The molecule has 0 saturated carbocycles. The highest BCUT2D eigenvalue weighted by molar-refractivity contribution is 7.10. The van der Waals surface area contributed by atoms with Crippen LogP contribution in [-0.2, 0) is 9.59 Å². The summed E-state index contributed by atoms with van der Waals surface area (Å²) in [5, 5.41) is 10.8. The number of carbonyl (C=O) groups is 2. The Balaban J connectivity index is 1.96. The van der Waals surface area contributed by atoms with Gasteiger partial charge in [0.2, 0.25) is 5.91 Å². The smallest absolute Gasteiger partial charge is 0.303 e. The van der Waals surface area contributed by atoms with E-state index in [-0.39, 0.29) is 18.4 Å². The second-order valence-electron chi connectivity index (χ2n) is 4.96. The number of piperidine rings is 1. The van der Waals surface area contributed by atoms with Crippen molar-refractivity contribution in [3.8, 4) is 0 Å². The van der Waals surface area contributed by atoms with E-state index in [1.807, 2.05) is 28.5 Å². The van der Waals surface area contributed by atoms with E-state index in [0.717, 1.165) is 30.7 Å². The van der Waals surface area contributed by atoms with E-state index in [2.05, 4.69) is 0 Å². The average Bonchev–Trinajstić information content (AvgIpc) is 2.96. The molecule has 0 radical (unpaired) electrons. The molecule has 1 aromatic heterocycles. The number of hydrogen-bond donors (Lipinski definition) is 1. The molecule has 2 heterocycles. The molecule has 108 valence electrons. The number of aliphatic carboxylic acids is 1. The summed E-state index contributed by atoms with van der Waals surface area (Å²) in [6.07, 6.45) is 7.09. The number of thiophene rings is 1. The topological polar surface area (TPSA) is 57.6 Å². The third kappa shape index (κ3) is 4.20. The molecule has 5 heteroatoms.